The maximum absolute atomic E-state index is 10.1. The van der Waals surface area contributed by atoms with E-state index in [1.165, 1.54) is 19.3 Å². The molecule has 4 nitrogen and oxygen atoms in total. The van der Waals surface area contributed by atoms with E-state index in [2.05, 4.69) is 11.8 Å². The fourth-order valence-electron chi connectivity index (χ4n) is 2.84. The van der Waals surface area contributed by atoms with Crippen molar-refractivity contribution in [2.75, 3.05) is 26.2 Å². The molecule has 1 unspecified atom stereocenters. The molecule has 0 aromatic heterocycles. The predicted molar refractivity (Wildman–Crippen MR) is 85.3 cm³/mol. The van der Waals surface area contributed by atoms with Crippen LogP contribution in [-0.4, -0.2) is 42.4 Å². The van der Waals surface area contributed by atoms with Crippen molar-refractivity contribution >= 4 is 0 Å². The Morgan fingerprint density at radius 3 is 2.52 bits per heavy atom. The van der Waals surface area contributed by atoms with Crippen LogP contribution in [-0.2, 0) is 6.54 Å². The highest BCUT2D eigenvalue weighted by atomic mass is 16.5. The summed E-state index contributed by atoms with van der Waals surface area (Å²) in [5.74, 6) is 1.66. The largest absolute Gasteiger partial charge is 0.491 e. The lowest BCUT2D eigenvalue weighted by atomic mass is 9.94. The topological polar surface area (TPSA) is 58.7 Å². The van der Waals surface area contributed by atoms with Gasteiger partial charge in [0.1, 0.15) is 18.5 Å². The van der Waals surface area contributed by atoms with Crippen LogP contribution in [0.1, 0.15) is 31.7 Å². The molecule has 1 saturated heterocycles. The van der Waals surface area contributed by atoms with Crippen LogP contribution in [0.3, 0.4) is 0 Å². The first-order chi connectivity index (χ1) is 10.2. The van der Waals surface area contributed by atoms with Crippen LogP contribution in [0, 0.1) is 5.92 Å². The average Bonchev–Trinajstić information content (AvgIpc) is 2.54. The summed E-state index contributed by atoms with van der Waals surface area (Å²) >= 11 is 0. The number of piperidine rings is 1. The number of benzene rings is 1. The number of aliphatic hydroxyl groups is 1. The third-order valence-electron chi connectivity index (χ3n) is 4.35. The number of nitrogens with two attached hydrogens (primary N) is 1. The molecule has 1 aliphatic heterocycles. The van der Waals surface area contributed by atoms with Crippen molar-refractivity contribution in [3.63, 3.8) is 0 Å². The first-order valence-corrected chi connectivity index (χ1v) is 8.03. The van der Waals surface area contributed by atoms with Crippen LogP contribution < -0.4 is 10.5 Å². The van der Waals surface area contributed by atoms with Gasteiger partial charge in [-0.1, -0.05) is 25.5 Å². The summed E-state index contributed by atoms with van der Waals surface area (Å²) in [5.41, 5.74) is 6.64. The number of nitrogens with zero attached hydrogens (tertiary/aromatic N) is 1. The van der Waals surface area contributed by atoms with Crippen molar-refractivity contribution in [1.82, 2.24) is 4.90 Å². The molecular weight excluding hydrogens is 264 g/mol. The second-order valence-electron chi connectivity index (χ2n) is 5.97. The Labute approximate surface area is 127 Å². The molecule has 21 heavy (non-hydrogen) atoms. The number of β-amino-alcohol motifs (C(OH)–C–C–N with tert-alkyl or cyclic N) is 1. The third kappa shape index (κ3) is 5.30. The van der Waals surface area contributed by atoms with Gasteiger partial charge in [-0.3, -0.25) is 0 Å². The van der Waals surface area contributed by atoms with Crippen LogP contribution in [0.15, 0.2) is 24.3 Å². The van der Waals surface area contributed by atoms with Gasteiger partial charge in [-0.05, 0) is 49.5 Å². The molecular formula is C17H28N2O2. The number of ether oxygens (including phenoxy) is 1. The number of aliphatic hydroxyl groups excluding tert-OH is 1. The van der Waals surface area contributed by atoms with Gasteiger partial charge in [-0.2, -0.15) is 0 Å². The van der Waals surface area contributed by atoms with Gasteiger partial charge in [0.2, 0.25) is 0 Å². The zero-order valence-corrected chi connectivity index (χ0v) is 13.0. The monoisotopic (exact) mass is 292 g/mol. The Morgan fingerprint density at radius 2 is 1.95 bits per heavy atom. The number of hydrogen-bond donors (Lipinski definition) is 2. The summed E-state index contributed by atoms with van der Waals surface area (Å²) in [4.78, 5) is 2.34. The van der Waals surface area contributed by atoms with Gasteiger partial charge >= 0.3 is 0 Å². The molecule has 0 bridgehead atoms. The van der Waals surface area contributed by atoms with E-state index in [0.717, 1.165) is 30.3 Å². The third-order valence-corrected chi connectivity index (χ3v) is 4.35. The molecule has 3 N–H and O–H groups in total. The SMILES string of the molecule is CCC1CCN(CC(O)COc2ccc(CN)cc2)CC1. The van der Waals surface area contributed by atoms with Gasteiger partial charge in [-0.15, -0.1) is 0 Å². The summed E-state index contributed by atoms with van der Waals surface area (Å²) < 4.78 is 5.63. The molecule has 1 atom stereocenters. The van der Waals surface area contributed by atoms with Crippen molar-refractivity contribution < 1.29 is 9.84 Å². The molecule has 0 saturated carbocycles. The van der Waals surface area contributed by atoms with E-state index in [0.29, 0.717) is 19.7 Å². The second-order valence-corrected chi connectivity index (χ2v) is 5.97. The minimum Gasteiger partial charge on any atom is -0.491 e. The minimum absolute atomic E-state index is 0.343. The molecule has 1 heterocycles. The summed E-state index contributed by atoms with van der Waals surface area (Å²) in [7, 11) is 0. The van der Waals surface area contributed by atoms with Crippen molar-refractivity contribution in [2.45, 2.75) is 38.8 Å². The Balaban J connectivity index is 1.68. The lowest BCUT2D eigenvalue weighted by molar-refractivity contribution is 0.0548. The van der Waals surface area contributed by atoms with Gasteiger partial charge in [0.25, 0.3) is 0 Å². The fraction of sp³-hybridized carbons (Fsp3) is 0.647. The molecule has 4 heteroatoms. The number of likely N-dealkylation sites (tertiary alicyclic amines) is 1. The van der Waals surface area contributed by atoms with Crippen LogP contribution in [0.4, 0.5) is 0 Å². The average molecular weight is 292 g/mol. The first-order valence-electron chi connectivity index (χ1n) is 8.03. The summed E-state index contributed by atoms with van der Waals surface area (Å²) in [6.45, 7) is 6.05. The minimum atomic E-state index is -0.433. The van der Waals surface area contributed by atoms with E-state index in [9.17, 15) is 5.11 Å². The first kappa shape index (κ1) is 16.3. The number of rotatable bonds is 7. The van der Waals surface area contributed by atoms with Gasteiger partial charge in [-0.25, -0.2) is 0 Å². The molecule has 0 spiro atoms. The van der Waals surface area contributed by atoms with E-state index in [1.54, 1.807) is 0 Å². The summed E-state index contributed by atoms with van der Waals surface area (Å²) in [6, 6.07) is 7.72. The molecule has 0 amide bonds. The predicted octanol–water partition coefficient (Wildman–Crippen LogP) is 2.01. The molecule has 1 aromatic rings. The molecule has 0 aliphatic carbocycles. The van der Waals surface area contributed by atoms with Crippen molar-refractivity contribution in [3.05, 3.63) is 29.8 Å². The lowest BCUT2D eigenvalue weighted by Gasteiger charge is -2.32. The highest BCUT2D eigenvalue weighted by Gasteiger charge is 2.19. The van der Waals surface area contributed by atoms with Gasteiger partial charge in [0.15, 0.2) is 0 Å². The maximum atomic E-state index is 10.1. The van der Waals surface area contributed by atoms with Crippen LogP contribution >= 0.6 is 0 Å². The Morgan fingerprint density at radius 1 is 1.29 bits per heavy atom. The quantitative estimate of drug-likeness (QED) is 0.807. The molecule has 1 aromatic carbocycles. The molecule has 0 radical (unpaired) electrons. The zero-order chi connectivity index (χ0) is 15.1. The van der Waals surface area contributed by atoms with Gasteiger partial charge in [0, 0.05) is 13.1 Å². The second kappa shape index (κ2) is 8.37. The standard InChI is InChI=1S/C17H28N2O2/c1-2-14-7-9-19(10-8-14)12-16(20)13-21-17-5-3-15(11-18)4-6-17/h3-6,14,16,20H,2,7-13,18H2,1H3. The maximum Gasteiger partial charge on any atom is 0.119 e. The Kier molecular flexibility index (Phi) is 6.49. The van der Waals surface area contributed by atoms with Crippen LogP contribution in [0.5, 0.6) is 5.75 Å². The van der Waals surface area contributed by atoms with Crippen LogP contribution in [0.2, 0.25) is 0 Å². The van der Waals surface area contributed by atoms with Gasteiger partial charge in [0.05, 0.1) is 0 Å². The Bertz CT molecular complexity index is 400. The van der Waals surface area contributed by atoms with Crippen molar-refractivity contribution in [2.24, 2.45) is 11.7 Å². The zero-order valence-electron chi connectivity index (χ0n) is 13.0. The molecule has 1 fully saturated rings. The van der Waals surface area contributed by atoms with E-state index in [4.69, 9.17) is 10.5 Å². The summed E-state index contributed by atoms with van der Waals surface area (Å²) in [5, 5.41) is 10.1. The molecule has 2 rings (SSSR count). The van der Waals surface area contributed by atoms with E-state index in [1.807, 2.05) is 24.3 Å². The molecule has 118 valence electrons. The smallest absolute Gasteiger partial charge is 0.119 e. The number of hydrogen-bond acceptors (Lipinski definition) is 4. The van der Waals surface area contributed by atoms with Crippen molar-refractivity contribution in [1.29, 1.82) is 0 Å². The molecule has 1 aliphatic rings. The van der Waals surface area contributed by atoms with E-state index >= 15 is 0 Å². The van der Waals surface area contributed by atoms with Crippen molar-refractivity contribution in [3.8, 4) is 5.75 Å². The van der Waals surface area contributed by atoms with Crippen LogP contribution in [0.25, 0.3) is 0 Å². The van der Waals surface area contributed by atoms with E-state index in [-0.39, 0.29) is 0 Å². The fourth-order valence-corrected chi connectivity index (χ4v) is 2.84. The lowest BCUT2D eigenvalue weighted by Crippen LogP contribution is -2.40. The van der Waals surface area contributed by atoms with E-state index < -0.39 is 6.10 Å². The highest BCUT2D eigenvalue weighted by molar-refractivity contribution is 5.27. The highest BCUT2D eigenvalue weighted by Crippen LogP contribution is 2.20. The summed E-state index contributed by atoms with van der Waals surface area (Å²) in [6.07, 6.45) is 3.35. The Hall–Kier alpha value is -1.10. The normalized spacial score (nSPS) is 18.6. The van der Waals surface area contributed by atoms with Gasteiger partial charge < -0.3 is 20.5 Å².